The number of hydrogen-bond acceptors (Lipinski definition) is 6. The first-order chi connectivity index (χ1) is 12.9. The predicted molar refractivity (Wildman–Crippen MR) is 85.3 cm³/mol. The molecule has 0 saturated carbocycles. The van der Waals surface area contributed by atoms with E-state index in [2.05, 4.69) is 0 Å². The maximum atomic E-state index is 12.8. The molecule has 0 radical (unpaired) electrons. The van der Waals surface area contributed by atoms with Gasteiger partial charge in [-0.15, -0.1) is 11.3 Å². The fourth-order valence-electron chi connectivity index (χ4n) is 2.09. The van der Waals surface area contributed by atoms with E-state index >= 15 is 0 Å². The van der Waals surface area contributed by atoms with Gasteiger partial charge in [0.25, 0.3) is 12.3 Å². The molecule has 0 aliphatic rings. The maximum Gasteiger partial charge on any atom is 0.426 e. The minimum absolute atomic E-state index is 0.0351. The first-order valence-electron chi connectivity index (χ1n) is 7.03. The number of alkyl halides is 5. The summed E-state index contributed by atoms with van der Waals surface area (Å²) in [4.78, 5) is 31.8. The van der Waals surface area contributed by atoms with Gasteiger partial charge < -0.3 is 9.88 Å². The standard InChI is InChI=1S/C14H7F5N4O4S/c15-10(16)5-22-4-7(2-8(13(22)25)23(26)27)21-12(24)9-1-6(3-20)11(28-9)14(17,18)19/h1-2,4,10H,5H2,(H,21,24). The summed E-state index contributed by atoms with van der Waals surface area (Å²) in [5.41, 5.74) is -3.71. The molecule has 0 bridgehead atoms. The average molecular weight is 422 g/mol. The Labute approximate surface area is 155 Å². The number of nitriles is 1. The first-order valence-corrected chi connectivity index (χ1v) is 7.85. The van der Waals surface area contributed by atoms with Gasteiger partial charge in [-0.25, -0.2) is 8.78 Å². The lowest BCUT2D eigenvalue weighted by Gasteiger charge is -2.09. The van der Waals surface area contributed by atoms with Gasteiger partial charge in [-0.3, -0.25) is 19.7 Å². The number of thiophene rings is 1. The Morgan fingerprint density at radius 1 is 1.39 bits per heavy atom. The van der Waals surface area contributed by atoms with Gasteiger partial charge in [0.05, 0.1) is 27.6 Å². The van der Waals surface area contributed by atoms with Crippen molar-refractivity contribution in [2.45, 2.75) is 19.1 Å². The van der Waals surface area contributed by atoms with Crippen molar-refractivity contribution < 1.29 is 31.7 Å². The lowest BCUT2D eigenvalue weighted by Crippen LogP contribution is -2.26. The number of carbonyl (C=O) groups excluding carboxylic acids is 1. The number of hydrogen-bond donors (Lipinski definition) is 1. The highest BCUT2D eigenvalue weighted by atomic mass is 32.1. The van der Waals surface area contributed by atoms with E-state index in [0.29, 0.717) is 22.9 Å². The molecule has 0 aromatic carbocycles. The van der Waals surface area contributed by atoms with E-state index in [1.807, 2.05) is 5.32 Å². The zero-order chi connectivity index (χ0) is 21.2. The summed E-state index contributed by atoms with van der Waals surface area (Å²) in [5.74, 6) is -1.17. The molecule has 2 aromatic rings. The highest BCUT2D eigenvalue weighted by Gasteiger charge is 2.37. The van der Waals surface area contributed by atoms with Crippen LogP contribution in [0.5, 0.6) is 0 Å². The molecule has 0 aliphatic carbocycles. The zero-order valence-electron chi connectivity index (χ0n) is 13.3. The summed E-state index contributed by atoms with van der Waals surface area (Å²) in [6.07, 6.45) is -7.21. The summed E-state index contributed by atoms with van der Waals surface area (Å²) in [6, 6.07) is 2.56. The van der Waals surface area contributed by atoms with Crippen molar-refractivity contribution in [1.82, 2.24) is 4.57 Å². The number of nitro groups is 1. The highest BCUT2D eigenvalue weighted by molar-refractivity contribution is 7.14. The van der Waals surface area contributed by atoms with E-state index in [1.165, 1.54) is 6.07 Å². The minimum Gasteiger partial charge on any atom is -0.320 e. The summed E-state index contributed by atoms with van der Waals surface area (Å²) in [6.45, 7) is -1.20. The Kier molecular flexibility index (Phi) is 5.78. The van der Waals surface area contributed by atoms with Crippen molar-refractivity contribution in [1.29, 1.82) is 5.26 Å². The van der Waals surface area contributed by atoms with Crippen molar-refractivity contribution in [3.63, 3.8) is 0 Å². The molecule has 0 spiro atoms. The van der Waals surface area contributed by atoms with E-state index in [0.717, 1.165) is 0 Å². The largest absolute Gasteiger partial charge is 0.426 e. The fourth-order valence-corrected chi connectivity index (χ4v) is 2.96. The summed E-state index contributed by atoms with van der Waals surface area (Å²) < 4.78 is 63.9. The van der Waals surface area contributed by atoms with E-state index < -0.39 is 62.2 Å². The molecule has 28 heavy (non-hydrogen) atoms. The van der Waals surface area contributed by atoms with E-state index in [9.17, 15) is 41.7 Å². The van der Waals surface area contributed by atoms with Crippen molar-refractivity contribution in [3.8, 4) is 6.07 Å². The second-order valence-corrected chi connectivity index (χ2v) is 6.19. The Hall–Kier alpha value is -3.34. The van der Waals surface area contributed by atoms with Crippen LogP contribution >= 0.6 is 11.3 Å². The molecule has 14 heteroatoms. The summed E-state index contributed by atoms with van der Waals surface area (Å²) in [5, 5.41) is 21.6. The minimum atomic E-state index is -4.88. The van der Waals surface area contributed by atoms with Gasteiger partial charge >= 0.3 is 17.4 Å². The Balaban J connectivity index is 2.43. The van der Waals surface area contributed by atoms with Gasteiger partial charge in [0.1, 0.15) is 10.9 Å². The Morgan fingerprint density at radius 3 is 2.50 bits per heavy atom. The molecule has 2 heterocycles. The number of halogens is 5. The quantitative estimate of drug-likeness (QED) is 0.451. The molecule has 8 nitrogen and oxygen atoms in total. The molecule has 148 valence electrons. The zero-order valence-corrected chi connectivity index (χ0v) is 14.1. The molecular formula is C14H7F5N4O4S. The predicted octanol–water partition coefficient (Wildman–Crippen LogP) is 3.23. The van der Waals surface area contributed by atoms with Gasteiger partial charge in [-0.05, 0) is 6.07 Å². The molecular weight excluding hydrogens is 415 g/mol. The number of aromatic nitrogens is 1. The second-order valence-electron chi connectivity index (χ2n) is 5.14. The number of nitrogens with zero attached hydrogens (tertiary/aromatic N) is 3. The first kappa shape index (κ1) is 21.0. The summed E-state index contributed by atoms with van der Waals surface area (Å²) in [7, 11) is 0. The fraction of sp³-hybridized carbons (Fsp3) is 0.214. The molecule has 0 unspecified atom stereocenters. The highest BCUT2D eigenvalue weighted by Crippen LogP contribution is 2.38. The van der Waals surface area contributed by atoms with Gasteiger partial charge in [0.2, 0.25) is 0 Å². The third-order valence-corrected chi connectivity index (χ3v) is 4.37. The van der Waals surface area contributed by atoms with E-state index in [1.54, 1.807) is 0 Å². The van der Waals surface area contributed by atoms with Gasteiger partial charge in [0, 0.05) is 12.3 Å². The van der Waals surface area contributed by atoms with Crippen LogP contribution in [0.4, 0.5) is 33.3 Å². The van der Waals surface area contributed by atoms with Crippen molar-refractivity contribution >= 4 is 28.6 Å². The third-order valence-electron chi connectivity index (χ3n) is 3.19. The molecule has 0 fully saturated rings. The van der Waals surface area contributed by atoms with Crippen molar-refractivity contribution in [3.05, 3.63) is 54.1 Å². The van der Waals surface area contributed by atoms with Crippen LogP contribution in [0.15, 0.2) is 23.1 Å². The van der Waals surface area contributed by atoms with Crippen LogP contribution in [0.25, 0.3) is 0 Å². The van der Waals surface area contributed by atoms with Crippen LogP contribution in [0.2, 0.25) is 0 Å². The van der Waals surface area contributed by atoms with E-state index in [-0.39, 0.29) is 11.3 Å². The number of anilines is 1. The molecule has 0 aliphatic heterocycles. The van der Waals surface area contributed by atoms with Crippen molar-refractivity contribution in [2.75, 3.05) is 5.32 Å². The Bertz CT molecular complexity index is 1040. The van der Waals surface area contributed by atoms with Crippen molar-refractivity contribution in [2.24, 2.45) is 0 Å². The van der Waals surface area contributed by atoms with Crippen LogP contribution in [0.3, 0.4) is 0 Å². The van der Waals surface area contributed by atoms with Gasteiger partial charge in [0.15, 0.2) is 0 Å². The van der Waals surface area contributed by atoms with Crippen LogP contribution < -0.4 is 10.9 Å². The normalized spacial score (nSPS) is 11.3. The smallest absolute Gasteiger partial charge is 0.320 e. The van der Waals surface area contributed by atoms with Gasteiger partial charge in [-0.2, -0.15) is 18.4 Å². The van der Waals surface area contributed by atoms with Gasteiger partial charge in [-0.1, -0.05) is 0 Å². The second kappa shape index (κ2) is 7.72. The molecule has 1 amide bonds. The molecule has 0 atom stereocenters. The van der Waals surface area contributed by atoms with Crippen LogP contribution in [-0.4, -0.2) is 21.8 Å². The lowest BCUT2D eigenvalue weighted by atomic mass is 10.2. The maximum absolute atomic E-state index is 12.8. The number of pyridine rings is 1. The average Bonchev–Trinajstić information content (AvgIpc) is 3.01. The molecule has 1 N–H and O–H groups in total. The van der Waals surface area contributed by atoms with Crippen LogP contribution in [-0.2, 0) is 12.7 Å². The number of nitrogens with one attached hydrogen (secondary N) is 1. The number of rotatable bonds is 5. The Morgan fingerprint density at radius 2 is 2.04 bits per heavy atom. The third kappa shape index (κ3) is 4.49. The molecule has 0 saturated heterocycles. The number of amides is 1. The number of carbonyl (C=O) groups is 1. The molecule has 2 aromatic heterocycles. The monoisotopic (exact) mass is 422 g/mol. The van der Waals surface area contributed by atoms with Crippen LogP contribution in [0, 0.1) is 21.4 Å². The SMILES string of the molecule is N#Cc1cc(C(=O)Nc2cc([N+](=O)[O-])c(=O)n(CC(F)F)c2)sc1C(F)(F)F. The topological polar surface area (TPSA) is 118 Å². The van der Waals surface area contributed by atoms with Crippen LogP contribution in [0.1, 0.15) is 20.1 Å². The molecule has 2 rings (SSSR count). The summed E-state index contributed by atoms with van der Waals surface area (Å²) >= 11 is -0.0351. The van der Waals surface area contributed by atoms with E-state index in [4.69, 9.17) is 5.26 Å². The lowest BCUT2D eigenvalue weighted by molar-refractivity contribution is -0.386.